The van der Waals surface area contributed by atoms with Crippen LogP contribution in [0.3, 0.4) is 0 Å². The van der Waals surface area contributed by atoms with E-state index in [0.717, 1.165) is 44.5 Å². The van der Waals surface area contributed by atoms with Crippen molar-refractivity contribution in [3.8, 4) is 73.6 Å². The van der Waals surface area contributed by atoms with Crippen LogP contribution >= 0.6 is 0 Å². The van der Waals surface area contributed by atoms with E-state index in [4.69, 9.17) is 15.0 Å². The van der Waals surface area contributed by atoms with Gasteiger partial charge in [0.15, 0.2) is 17.5 Å². The topological polar surface area (TPSA) is 62.5 Å². The van der Waals surface area contributed by atoms with Crippen LogP contribution in [0.2, 0.25) is 0 Å². The van der Waals surface area contributed by atoms with Crippen LogP contribution in [-0.4, -0.2) is 15.0 Å². The Balaban J connectivity index is 1.06. The molecule has 0 bridgehead atoms. The predicted octanol–water partition coefficient (Wildman–Crippen LogP) is 13.2. The van der Waals surface area contributed by atoms with Crippen LogP contribution < -0.4 is 0 Å². The molecule has 56 heavy (non-hydrogen) atoms. The summed E-state index contributed by atoms with van der Waals surface area (Å²) in [4.78, 5) is 14.7. The first-order valence-electron chi connectivity index (χ1n) is 18.7. The van der Waals surface area contributed by atoms with Crippen molar-refractivity contribution >= 4 is 32.3 Å². The molecule has 0 unspecified atom stereocenters. The summed E-state index contributed by atoms with van der Waals surface area (Å²) in [6.45, 7) is 0. The highest BCUT2D eigenvalue weighted by molar-refractivity contribution is 6.23. The molecule has 0 saturated carbocycles. The third kappa shape index (κ3) is 5.94. The number of aromatic nitrogens is 3. The van der Waals surface area contributed by atoms with E-state index in [0.29, 0.717) is 23.0 Å². The first-order chi connectivity index (χ1) is 27.7. The normalized spacial score (nSPS) is 11.2. The fourth-order valence-electron chi connectivity index (χ4n) is 7.77. The molecule has 9 aromatic carbocycles. The standard InChI is InChI=1S/C52H32N4/c53-33-34-22-24-36(25-23-34)46-31-48-45-21-10-8-19-43(45)47(32-49(48)44-20-9-7-18-42(44)46)41-17-11-16-40(30-41)35-26-28-39(29-27-35)52-55-50(37-12-3-1-4-13-37)54-51(56-52)38-14-5-2-6-15-38/h1-32H. The van der Waals surface area contributed by atoms with Gasteiger partial charge in [0, 0.05) is 16.7 Å². The molecule has 0 aliphatic carbocycles. The molecule has 10 aromatic rings. The highest BCUT2D eigenvalue weighted by atomic mass is 15.0. The van der Waals surface area contributed by atoms with Gasteiger partial charge in [0.2, 0.25) is 0 Å². The summed E-state index contributed by atoms with van der Waals surface area (Å²) in [5, 5.41) is 16.6. The molecule has 260 valence electrons. The molecule has 0 radical (unpaired) electrons. The van der Waals surface area contributed by atoms with Crippen LogP contribution in [0.15, 0.2) is 194 Å². The van der Waals surface area contributed by atoms with Gasteiger partial charge in [-0.3, -0.25) is 0 Å². The maximum absolute atomic E-state index is 9.41. The van der Waals surface area contributed by atoms with Crippen molar-refractivity contribution in [1.29, 1.82) is 5.26 Å². The van der Waals surface area contributed by atoms with Crippen molar-refractivity contribution in [3.05, 3.63) is 200 Å². The summed E-state index contributed by atoms with van der Waals surface area (Å²) in [5.74, 6) is 1.93. The number of fused-ring (bicyclic) bond motifs is 5. The largest absolute Gasteiger partial charge is 0.208 e. The first-order valence-corrected chi connectivity index (χ1v) is 18.7. The minimum atomic E-state index is 0.634. The van der Waals surface area contributed by atoms with E-state index in [2.05, 4.69) is 127 Å². The second-order valence-corrected chi connectivity index (χ2v) is 13.9. The molecule has 10 rings (SSSR count). The number of benzene rings is 9. The summed E-state index contributed by atoms with van der Waals surface area (Å²) in [5.41, 5.74) is 10.3. The first kappa shape index (κ1) is 32.9. The van der Waals surface area contributed by atoms with Crippen LogP contribution in [-0.2, 0) is 0 Å². The van der Waals surface area contributed by atoms with Gasteiger partial charge in [-0.1, -0.05) is 164 Å². The van der Waals surface area contributed by atoms with Gasteiger partial charge in [-0.25, -0.2) is 15.0 Å². The van der Waals surface area contributed by atoms with Gasteiger partial charge >= 0.3 is 0 Å². The Labute approximate surface area is 324 Å². The summed E-state index contributed by atoms with van der Waals surface area (Å²) < 4.78 is 0. The summed E-state index contributed by atoms with van der Waals surface area (Å²) in [7, 11) is 0. The average Bonchev–Trinajstić information content (AvgIpc) is 3.29. The minimum Gasteiger partial charge on any atom is -0.208 e. The third-order valence-corrected chi connectivity index (χ3v) is 10.6. The van der Waals surface area contributed by atoms with Gasteiger partial charge in [-0.05, 0) is 96.0 Å². The van der Waals surface area contributed by atoms with E-state index in [-0.39, 0.29) is 0 Å². The van der Waals surface area contributed by atoms with E-state index in [1.165, 1.54) is 37.9 Å². The Kier molecular flexibility index (Phi) is 8.17. The summed E-state index contributed by atoms with van der Waals surface area (Å²) >= 11 is 0. The van der Waals surface area contributed by atoms with E-state index < -0.39 is 0 Å². The number of nitriles is 1. The highest BCUT2D eigenvalue weighted by Crippen LogP contribution is 2.42. The Morgan fingerprint density at radius 1 is 0.286 bits per heavy atom. The molecule has 1 aromatic heterocycles. The van der Waals surface area contributed by atoms with Crippen molar-refractivity contribution < 1.29 is 0 Å². The number of hydrogen-bond donors (Lipinski definition) is 0. The lowest BCUT2D eigenvalue weighted by Gasteiger charge is -2.16. The minimum absolute atomic E-state index is 0.634. The molecular formula is C52H32N4. The maximum atomic E-state index is 9.41. The molecule has 4 nitrogen and oxygen atoms in total. The van der Waals surface area contributed by atoms with Crippen molar-refractivity contribution in [1.82, 2.24) is 15.0 Å². The third-order valence-electron chi connectivity index (χ3n) is 10.6. The average molecular weight is 713 g/mol. The Bertz CT molecular complexity index is 3050. The SMILES string of the molecule is N#Cc1ccc(-c2cc3c4ccccc4c(-c4cccc(-c5ccc(-c6nc(-c7ccccc7)nc(-c7ccccc7)n6)cc5)c4)cc3c3ccccc23)cc1. The van der Waals surface area contributed by atoms with Gasteiger partial charge in [0.05, 0.1) is 11.6 Å². The van der Waals surface area contributed by atoms with Crippen molar-refractivity contribution in [2.75, 3.05) is 0 Å². The van der Waals surface area contributed by atoms with Gasteiger partial charge < -0.3 is 0 Å². The fourth-order valence-corrected chi connectivity index (χ4v) is 7.77. The molecule has 0 N–H and O–H groups in total. The van der Waals surface area contributed by atoms with Crippen LogP contribution in [0.1, 0.15) is 5.56 Å². The molecule has 0 amide bonds. The Morgan fingerprint density at radius 3 is 1.20 bits per heavy atom. The van der Waals surface area contributed by atoms with E-state index >= 15 is 0 Å². The predicted molar refractivity (Wildman–Crippen MR) is 230 cm³/mol. The molecule has 0 spiro atoms. The van der Waals surface area contributed by atoms with Crippen LogP contribution in [0, 0.1) is 11.3 Å². The van der Waals surface area contributed by atoms with Gasteiger partial charge in [0.1, 0.15) is 0 Å². The molecule has 0 aliphatic heterocycles. The molecule has 4 heteroatoms. The molecule has 0 fully saturated rings. The summed E-state index contributed by atoms with van der Waals surface area (Å²) in [6.07, 6.45) is 0. The maximum Gasteiger partial charge on any atom is 0.164 e. The molecule has 0 saturated heterocycles. The van der Waals surface area contributed by atoms with Crippen LogP contribution in [0.4, 0.5) is 0 Å². The zero-order valence-electron chi connectivity index (χ0n) is 30.3. The monoisotopic (exact) mass is 712 g/mol. The van der Waals surface area contributed by atoms with Gasteiger partial charge in [0.25, 0.3) is 0 Å². The Hall–Kier alpha value is -7.74. The van der Waals surface area contributed by atoms with E-state index in [1.54, 1.807) is 0 Å². The smallest absolute Gasteiger partial charge is 0.164 e. The molecule has 1 heterocycles. The van der Waals surface area contributed by atoms with Gasteiger partial charge in [-0.15, -0.1) is 0 Å². The van der Waals surface area contributed by atoms with Crippen molar-refractivity contribution in [2.24, 2.45) is 0 Å². The Morgan fingerprint density at radius 2 is 0.679 bits per heavy atom. The van der Waals surface area contributed by atoms with Crippen LogP contribution in [0.25, 0.3) is 99.9 Å². The lowest BCUT2D eigenvalue weighted by atomic mass is 9.87. The molecule has 0 aliphatic rings. The lowest BCUT2D eigenvalue weighted by molar-refractivity contribution is 1.07. The zero-order valence-corrected chi connectivity index (χ0v) is 30.3. The van der Waals surface area contributed by atoms with E-state index in [9.17, 15) is 5.26 Å². The fraction of sp³-hybridized carbons (Fsp3) is 0. The number of hydrogen-bond acceptors (Lipinski definition) is 4. The quantitative estimate of drug-likeness (QED) is 0.161. The second-order valence-electron chi connectivity index (χ2n) is 13.9. The molecular weight excluding hydrogens is 681 g/mol. The number of nitrogens with zero attached hydrogens (tertiary/aromatic N) is 4. The van der Waals surface area contributed by atoms with Crippen LogP contribution in [0.5, 0.6) is 0 Å². The summed E-state index contributed by atoms with van der Waals surface area (Å²) in [6, 6.07) is 69.6. The van der Waals surface area contributed by atoms with Gasteiger partial charge in [-0.2, -0.15) is 5.26 Å². The van der Waals surface area contributed by atoms with Crippen molar-refractivity contribution in [3.63, 3.8) is 0 Å². The number of rotatable bonds is 6. The van der Waals surface area contributed by atoms with E-state index in [1.807, 2.05) is 72.8 Å². The zero-order chi connectivity index (χ0) is 37.4. The van der Waals surface area contributed by atoms with Crippen molar-refractivity contribution in [2.45, 2.75) is 0 Å². The molecule has 0 atom stereocenters. The highest BCUT2D eigenvalue weighted by Gasteiger charge is 2.16. The second kappa shape index (κ2) is 13.9. The lowest BCUT2D eigenvalue weighted by Crippen LogP contribution is -2.00.